The largest absolute Gasteiger partial charge is 0.378 e. The van der Waals surface area contributed by atoms with E-state index in [1.807, 2.05) is 6.92 Å². The summed E-state index contributed by atoms with van der Waals surface area (Å²) in [6.07, 6.45) is 8.66. The lowest BCUT2D eigenvalue weighted by molar-refractivity contribution is -0.176. The summed E-state index contributed by atoms with van der Waals surface area (Å²) in [5.41, 5.74) is -0.00617. The number of nitrogens with one attached hydrogen (secondary N) is 1. The molecule has 2 heterocycles. The van der Waals surface area contributed by atoms with Crippen LogP contribution in [0.5, 0.6) is 0 Å². The van der Waals surface area contributed by atoms with Gasteiger partial charge in [0.25, 0.3) is 0 Å². The first-order valence-electron chi connectivity index (χ1n) is 9.71. The molecule has 0 aromatic carbocycles. The number of carbonyl (C=O) groups is 1. The standard InChI is InChI=1S/C18H28N4O3/c1-2-25-14-11-13(18(14)8-6-9-18)19-16(23)12-22-17(24)21-10-5-3-4-7-15(21)20-22/h13-14H,2-12H2,1H3,(H,19,23)/t13-,14+/m0/s1. The van der Waals surface area contributed by atoms with Crippen LogP contribution >= 0.6 is 0 Å². The molecule has 2 atom stereocenters. The highest BCUT2D eigenvalue weighted by atomic mass is 16.5. The summed E-state index contributed by atoms with van der Waals surface area (Å²) in [6, 6.07) is 0.182. The van der Waals surface area contributed by atoms with Gasteiger partial charge in [0.05, 0.1) is 6.10 Å². The Bertz CT molecular complexity index is 704. The predicted molar refractivity (Wildman–Crippen MR) is 92.3 cm³/mol. The van der Waals surface area contributed by atoms with Gasteiger partial charge in [0.2, 0.25) is 5.91 Å². The summed E-state index contributed by atoms with van der Waals surface area (Å²) < 4.78 is 8.90. The molecule has 2 saturated carbocycles. The molecule has 1 aromatic heterocycles. The molecule has 0 bridgehead atoms. The molecule has 0 unspecified atom stereocenters. The quantitative estimate of drug-likeness (QED) is 0.868. The molecule has 7 heteroatoms. The van der Waals surface area contributed by atoms with Crippen LogP contribution in [0.4, 0.5) is 0 Å². The highest BCUT2D eigenvalue weighted by Gasteiger charge is 2.59. The summed E-state index contributed by atoms with van der Waals surface area (Å²) in [5.74, 6) is 0.715. The smallest absolute Gasteiger partial charge is 0.346 e. The van der Waals surface area contributed by atoms with Gasteiger partial charge in [-0.15, -0.1) is 0 Å². The van der Waals surface area contributed by atoms with Crippen LogP contribution < -0.4 is 11.0 Å². The van der Waals surface area contributed by atoms with Gasteiger partial charge >= 0.3 is 5.69 Å². The maximum Gasteiger partial charge on any atom is 0.346 e. The number of nitrogens with zero attached hydrogens (tertiary/aromatic N) is 3. The summed E-state index contributed by atoms with van der Waals surface area (Å²) in [5, 5.41) is 7.54. The molecule has 1 aromatic rings. The number of ether oxygens (including phenoxy) is 1. The minimum Gasteiger partial charge on any atom is -0.378 e. The van der Waals surface area contributed by atoms with Gasteiger partial charge in [-0.1, -0.05) is 12.8 Å². The van der Waals surface area contributed by atoms with Crippen molar-refractivity contribution < 1.29 is 9.53 Å². The minimum atomic E-state index is -0.147. The summed E-state index contributed by atoms with van der Waals surface area (Å²) >= 11 is 0. The Morgan fingerprint density at radius 2 is 2.16 bits per heavy atom. The minimum absolute atomic E-state index is 0.0186. The molecule has 1 aliphatic heterocycles. The van der Waals surface area contributed by atoms with Crippen molar-refractivity contribution in [3.05, 3.63) is 16.3 Å². The van der Waals surface area contributed by atoms with E-state index in [1.54, 1.807) is 4.57 Å². The Labute approximate surface area is 147 Å². The van der Waals surface area contributed by atoms with Gasteiger partial charge in [0.1, 0.15) is 12.4 Å². The fraction of sp³-hybridized carbons (Fsp3) is 0.833. The van der Waals surface area contributed by atoms with Crippen molar-refractivity contribution in [2.75, 3.05) is 6.61 Å². The molecule has 1 amide bonds. The lowest BCUT2D eigenvalue weighted by atomic mass is 9.51. The third kappa shape index (κ3) is 2.82. The van der Waals surface area contributed by atoms with E-state index in [0.717, 1.165) is 63.9 Å². The topological polar surface area (TPSA) is 78.2 Å². The number of fused-ring (bicyclic) bond motifs is 1. The van der Waals surface area contributed by atoms with Crippen molar-refractivity contribution in [1.82, 2.24) is 19.7 Å². The summed E-state index contributed by atoms with van der Waals surface area (Å²) in [6.45, 7) is 3.48. The normalized spacial score (nSPS) is 27.1. The lowest BCUT2D eigenvalue weighted by Gasteiger charge is -2.61. The molecule has 1 spiro atoms. The number of rotatable bonds is 5. The lowest BCUT2D eigenvalue weighted by Crippen LogP contribution is -2.67. The van der Waals surface area contributed by atoms with Gasteiger partial charge in [0, 0.05) is 31.0 Å². The van der Waals surface area contributed by atoms with Crippen LogP contribution in [0.2, 0.25) is 0 Å². The van der Waals surface area contributed by atoms with Gasteiger partial charge in [-0.25, -0.2) is 9.48 Å². The number of carbonyl (C=O) groups excluding carboxylic acids is 1. The molecule has 2 fully saturated rings. The summed E-state index contributed by atoms with van der Waals surface area (Å²) in [7, 11) is 0. The Kier molecular flexibility index (Phi) is 4.43. The zero-order valence-corrected chi connectivity index (χ0v) is 15.0. The molecule has 1 N–H and O–H groups in total. The first kappa shape index (κ1) is 16.8. The molecular weight excluding hydrogens is 320 g/mol. The zero-order valence-electron chi connectivity index (χ0n) is 15.0. The van der Waals surface area contributed by atoms with Crippen molar-refractivity contribution in [3.63, 3.8) is 0 Å². The highest BCUT2D eigenvalue weighted by Crippen LogP contribution is 2.57. The van der Waals surface area contributed by atoms with Crippen LogP contribution in [0.15, 0.2) is 4.79 Å². The van der Waals surface area contributed by atoms with Gasteiger partial charge in [-0.05, 0) is 39.0 Å². The Hall–Kier alpha value is -1.63. The molecule has 2 aliphatic carbocycles. The fourth-order valence-electron chi connectivity index (χ4n) is 4.74. The monoisotopic (exact) mass is 348 g/mol. The van der Waals surface area contributed by atoms with E-state index in [2.05, 4.69) is 10.4 Å². The highest BCUT2D eigenvalue weighted by molar-refractivity contribution is 5.76. The van der Waals surface area contributed by atoms with Gasteiger partial charge in [0.15, 0.2) is 0 Å². The number of amides is 1. The molecule has 7 nitrogen and oxygen atoms in total. The van der Waals surface area contributed by atoms with Crippen molar-refractivity contribution in [3.8, 4) is 0 Å². The van der Waals surface area contributed by atoms with Crippen LogP contribution in [0.3, 0.4) is 0 Å². The van der Waals surface area contributed by atoms with E-state index in [0.29, 0.717) is 0 Å². The van der Waals surface area contributed by atoms with Crippen molar-refractivity contribution >= 4 is 5.91 Å². The van der Waals surface area contributed by atoms with E-state index < -0.39 is 0 Å². The van der Waals surface area contributed by atoms with Crippen molar-refractivity contribution in [2.45, 2.75) is 83.5 Å². The molecule has 0 radical (unpaired) electrons. The van der Waals surface area contributed by atoms with Gasteiger partial charge < -0.3 is 10.1 Å². The van der Waals surface area contributed by atoms with Crippen molar-refractivity contribution in [2.24, 2.45) is 5.41 Å². The SMILES string of the molecule is CCO[C@@H]1C[C@H](NC(=O)Cn2nc3n(c2=O)CCCCC3)C12CCC2. The molecule has 25 heavy (non-hydrogen) atoms. The zero-order chi connectivity index (χ0) is 17.4. The third-order valence-corrected chi connectivity index (χ3v) is 6.35. The maximum absolute atomic E-state index is 12.5. The molecule has 3 aliphatic rings. The first-order chi connectivity index (χ1) is 12.1. The molecule has 0 saturated heterocycles. The first-order valence-corrected chi connectivity index (χ1v) is 9.71. The Morgan fingerprint density at radius 3 is 2.88 bits per heavy atom. The van der Waals surface area contributed by atoms with Gasteiger partial charge in [-0.3, -0.25) is 9.36 Å². The predicted octanol–water partition coefficient (Wildman–Crippen LogP) is 1.24. The van der Waals surface area contributed by atoms with Crippen LogP contribution in [0, 0.1) is 5.41 Å². The van der Waals surface area contributed by atoms with Gasteiger partial charge in [-0.2, -0.15) is 5.10 Å². The second-order valence-electron chi connectivity index (χ2n) is 7.71. The number of hydrogen-bond acceptors (Lipinski definition) is 4. The van der Waals surface area contributed by atoms with E-state index in [1.165, 1.54) is 11.1 Å². The third-order valence-electron chi connectivity index (χ3n) is 6.35. The van der Waals surface area contributed by atoms with Crippen molar-refractivity contribution in [1.29, 1.82) is 0 Å². The average molecular weight is 348 g/mol. The van der Waals surface area contributed by atoms with E-state index >= 15 is 0 Å². The van der Waals surface area contributed by atoms with E-state index in [4.69, 9.17) is 4.74 Å². The van der Waals surface area contributed by atoms with Crippen LogP contribution in [-0.2, 0) is 29.0 Å². The van der Waals surface area contributed by atoms with Crippen LogP contribution in [0.25, 0.3) is 0 Å². The van der Waals surface area contributed by atoms with Crippen LogP contribution in [-0.4, -0.2) is 39.0 Å². The second-order valence-corrected chi connectivity index (χ2v) is 7.71. The molecule has 138 valence electrons. The second kappa shape index (κ2) is 6.59. The fourth-order valence-corrected chi connectivity index (χ4v) is 4.74. The van der Waals surface area contributed by atoms with Crippen LogP contribution in [0.1, 0.15) is 57.7 Å². The molecule has 4 rings (SSSR count). The number of aromatic nitrogens is 3. The Morgan fingerprint density at radius 1 is 1.32 bits per heavy atom. The number of aryl methyl sites for hydroxylation is 1. The number of hydrogen-bond donors (Lipinski definition) is 1. The summed E-state index contributed by atoms with van der Waals surface area (Å²) in [4.78, 5) is 24.9. The van der Waals surface area contributed by atoms with E-state index in [-0.39, 0.29) is 35.7 Å². The molecular formula is C18H28N4O3. The Balaban J connectivity index is 1.39. The average Bonchev–Trinajstić information content (AvgIpc) is 2.71. The van der Waals surface area contributed by atoms with E-state index in [9.17, 15) is 9.59 Å². The maximum atomic E-state index is 12.5.